The van der Waals surface area contributed by atoms with Crippen LogP contribution in [0, 0.1) is 0 Å². The van der Waals surface area contributed by atoms with E-state index in [9.17, 15) is 0 Å². The van der Waals surface area contributed by atoms with Crippen molar-refractivity contribution in [3.63, 3.8) is 0 Å². The van der Waals surface area contributed by atoms with Crippen LogP contribution in [-0.2, 0) is 24.2 Å². The molecule has 1 aromatic carbocycles. The third-order valence-electron chi connectivity index (χ3n) is 5.04. The molecular formula is C21H34IN7O2. The van der Waals surface area contributed by atoms with Crippen LogP contribution in [0.5, 0.6) is 5.75 Å². The summed E-state index contributed by atoms with van der Waals surface area (Å²) in [5.41, 5.74) is 1.11. The van der Waals surface area contributed by atoms with E-state index in [0.29, 0.717) is 6.54 Å². The van der Waals surface area contributed by atoms with Crippen molar-refractivity contribution in [2.24, 2.45) is 4.99 Å². The minimum absolute atomic E-state index is 0. The van der Waals surface area contributed by atoms with Gasteiger partial charge in [-0.2, -0.15) is 0 Å². The molecule has 9 nitrogen and oxygen atoms in total. The molecule has 0 saturated carbocycles. The van der Waals surface area contributed by atoms with Crippen LogP contribution in [0.15, 0.2) is 35.6 Å². The van der Waals surface area contributed by atoms with Gasteiger partial charge in [0.1, 0.15) is 17.9 Å². The highest BCUT2D eigenvalue weighted by molar-refractivity contribution is 14.0. The van der Waals surface area contributed by atoms with E-state index in [4.69, 9.17) is 14.5 Å². The molecule has 2 heterocycles. The topological polar surface area (TPSA) is 88.8 Å². The molecule has 3 rings (SSSR count). The lowest BCUT2D eigenvalue weighted by atomic mass is 10.2. The van der Waals surface area contributed by atoms with E-state index in [1.165, 1.54) is 0 Å². The number of hydrogen-bond donors (Lipinski definition) is 2. The number of methoxy groups -OCH3 is 1. The zero-order chi connectivity index (χ0) is 21.0. The van der Waals surface area contributed by atoms with Gasteiger partial charge in [-0.15, -0.1) is 34.2 Å². The van der Waals surface area contributed by atoms with Crippen LogP contribution in [0.4, 0.5) is 0 Å². The van der Waals surface area contributed by atoms with Crippen LogP contribution in [-0.4, -0.2) is 78.7 Å². The Morgan fingerprint density at radius 1 is 1.19 bits per heavy atom. The first kappa shape index (κ1) is 25.3. The second-order valence-corrected chi connectivity index (χ2v) is 7.12. The zero-order valence-corrected chi connectivity index (χ0v) is 20.7. The standard InChI is InChI=1S/C21H33N7O2.HI/c1-3-20-26-25-17-28(20)10-8-23-21(22-7-9-27-11-13-30-14-12-27)24-16-18-5-4-6-19(15-18)29-2;/h4-6,15,17H,3,7-14,16H2,1-2H3,(H2,22,23,24);1H. The van der Waals surface area contributed by atoms with Crippen LogP contribution < -0.4 is 15.4 Å². The number of benzene rings is 1. The largest absolute Gasteiger partial charge is 0.497 e. The van der Waals surface area contributed by atoms with Crippen molar-refractivity contribution in [3.8, 4) is 5.75 Å². The van der Waals surface area contributed by atoms with Crippen molar-refractivity contribution in [3.05, 3.63) is 42.0 Å². The Hall–Kier alpha value is -1.92. The van der Waals surface area contributed by atoms with Crippen molar-refractivity contribution in [1.29, 1.82) is 0 Å². The second-order valence-electron chi connectivity index (χ2n) is 7.12. The van der Waals surface area contributed by atoms with E-state index in [-0.39, 0.29) is 24.0 Å². The Labute approximate surface area is 201 Å². The predicted octanol–water partition coefficient (Wildman–Crippen LogP) is 1.53. The monoisotopic (exact) mass is 543 g/mol. The summed E-state index contributed by atoms with van der Waals surface area (Å²) in [6.07, 6.45) is 2.65. The van der Waals surface area contributed by atoms with Gasteiger partial charge < -0.3 is 24.7 Å². The highest BCUT2D eigenvalue weighted by Crippen LogP contribution is 2.13. The van der Waals surface area contributed by atoms with Gasteiger partial charge in [-0.05, 0) is 17.7 Å². The molecule has 2 aromatic rings. The molecule has 0 atom stereocenters. The second kappa shape index (κ2) is 14.2. The first-order chi connectivity index (χ1) is 14.8. The number of aromatic nitrogens is 3. The van der Waals surface area contributed by atoms with Crippen LogP contribution in [0.3, 0.4) is 0 Å². The first-order valence-corrected chi connectivity index (χ1v) is 10.6. The molecule has 0 aliphatic carbocycles. The quantitative estimate of drug-likeness (QED) is 0.267. The molecule has 1 saturated heterocycles. The molecule has 0 spiro atoms. The average molecular weight is 543 g/mol. The molecule has 0 amide bonds. The average Bonchev–Trinajstić information content (AvgIpc) is 3.25. The van der Waals surface area contributed by atoms with Crippen LogP contribution >= 0.6 is 24.0 Å². The third-order valence-corrected chi connectivity index (χ3v) is 5.04. The maximum absolute atomic E-state index is 5.42. The molecule has 0 unspecified atom stereocenters. The molecule has 1 aliphatic heterocycles. The number of ether oxygens (including phenoxy) is 2. The van der Waals surface area contributed by atoms with E-state index in [2.05, 4.69) is 43.3 Å². The predicted molar refractivity (Wildman–Crippen MR) is 132 cm³/mol. The van der Waals surface area contributed by atoms with Crippen molar-refractivity contribution < 1.29 is 9.47 Å². The van der Waals surface area contributed by atoms with E-state index in [0.717, 1.165) is 82.0 Å². The number of hydrogen-bond acceptors (Lipinski definition) is 6. The molecule has 0 bridgehead atoms. The fraction of sp³-hybridized carbons (Fsp3) is 0.571. The lowest BCUT2D eigenvalue weighted by Gasteiger charge is -2.26. The summed E-state index contributed by atoms with van der Waals surface area (Å²) in [5, 5.41) is 15.0. The lowest BCUT2D eigenvalue weighted by molar-refractivity contribution is 0.0389. The first-order valence-electron chi connectivity index (χ1n) is 10.6. The smallest absolute Gasteiger partial charge is 0.191 e. The molecule has 2 N–H and O–H groups in total. The summed E-state index contributed by atoms with van der Waals surface area (Å²) in [4.78, 5) is 7.17. The van der Waals surface area contributed by atoms with Gasteiger partial charge in [-0.25, -0.2) is 4.99 Å². The molecule has 172 valence electrons. The van der Waals surface area contributed by atoms with Crippen molar-refractivity contribution in [1.82, 2.24) is 30.3 Å². The number of rotatable bonds is 10. The molecular weight excluding hydrogens is 509 g/mol. The highest BCUT2D eigenvalue weighted by atomic mass is 127. The fourth-order valence-electron chi connectivity index (χ4n) is 3.31. The summed E-state index contributed by atoms with van der Waals surface area (Å²) in [6, 6.07) is 8.00. The molecule has 1 aromatic heterocycles. The summed E-state index contributed by atoms with van der Waals surface area (Å²) in [6.45, 7) is 9.59. The minimum Gasteiger partial charge on any atom is -0.497 e. The van der Waals surface area contributed by atoms with E-state index >= 15 is 0 Å². The maximum Gasteiger partial charge on any atom is 0.191 e. The molecule has 0 radical (unpaired) electrons. The third kappa shape index (κ3) is 8.62. The summed E-state index contributed by atoms with van der Waals surface area (Å²) < 4.78 is 12.8. The molecule has 31 heavy (non-hydrogen) atoms. The maximum atomic E-state index is 5.42. The number of guanidine groups is 1. The number of nitrogens with one attached hydrogen (secondary N) is 2. The van der Waals surface area contributed by atoms with E-state index < -0.39 is 0 Å². The lowest BCUT2D eigenvalue weighted by Crippen LogP contribution is -2.45. The number of halogens is 1. The van der Waals surface area contributed by atoms with Gasteiger partial charge in [0.05, 0.1) is 26.9 Å². The number of nitrogens with zero attached hydrogens (tertiary/aromatic N) is 5. The van der Waals surface area contributed by atoms with Gasteiger partial charge in [0.15, 0.2) is 5.96 Å². The Morgan fingerprint density at radius 2 is 1.97 bits per heavy atom. The number of aryl methyl sites for hydroxylation is 1. The van der Waals surface area contributed by atoms with Crippen molar-refractivity contribution >= 4 is 29.9 Å². The van der Waals surface area contributed by atoms with Gasteiger partial charge in [0.25, 0.3) is 0 Å². The van der Waals surface area contributed by atoms with Crippen LogP contribution in [0.25, 0.3) is 0 Å². The fourth-order valence-corrected chi connectivity index (χ4v) is 3.31. The highest BCUT2D eigenvalue weighted by Gasteiger charge is 2.10. The van der Waals surface area contributed by atoms with E-state index in [1.807, 2.05) is 18.2 Å². The Bertz CT molecular complexity index is 794. The summed E-state index contributed by atoms with van der Waals surface area (Å²) in [7, 11) is 1.68. The van der Waals surface area contributed by atoms with Gasteiger partial charge in [0, 0.05) is 45.7 Å². The minimum atomic E-state index is 0. The normalized spacial score (nSPS) is 14.7. The van der Waals surface area contributed by atoms with Crippen LogP contribution in [0.2, 0.25) is 0 Å². The van der Waals surface area contributed by atoms with Gasteiger partial charge in [-0.1, -0.05) is 19.1 Å². The zero-order valence-electron chi connectivity index (χ0n) is 18.4. The SMILES string of the molecule is CCc1nncn1CCNC(=NCc1cccc(OC)c1)NCCN1CCOCC1.I. The van der Waals surface area contributed by atoms with Gasteiger partial charge in [-0.3, -0.25) is 4.90 Å². The Morgan fingerprint density at radius 3 is 2.71 bits per heavy atom. The molecule has 1 fully saturated rings. The molecule has 1 aliphatic rings. The van der Waals surface area contributed by atoms with E-state index in [1.54, 1.807) is 13.4 Å². The summed E-state index contributed by atoms with van der Waals surface area (Å²) >= 11 is 0. The Balaban J connectivity index is 0.00000341. The molecule has 10 heteroatoms. The van der Waals surface area contributed by atoms with Gasteiger partial charge >= 0.3 is 0 Å². The van der Waals surface area contributed by atoms with Crippen LogP contribution in [0.1, 0.15) is 18.3 Å². The number of aliphatic imine (C=N–C) groups is 1. The number of morpholine rings is 1. The summed E-state index contributed by atoms with van der Waals surface area (Å²) in [5.74, 6) is 2.64. The van der Waals surface area contributed by atoms with Gasteiger partial charge in [0.2, 0.25) is 0 Å². The van der Waals surface area contributed by atoms with Crippen molar-refractivity contribution in [2.75, 3.05) is 53.0 Å². The Kier molecular flexibility index (Phi) is 11.6. The van der Waals surface area contributed by atoms with Crippen molar-refractivity contribution in [2.45, 2.75) is 26.4 Å².